The SMILES string of the molecule is CC(=O)NC(=O)[C@H](O)[C@@H](O)[C@@H](O)[C@H](O)CO.CC(=O)O. The zero-order valence-electron chi connectivity index (χ0n) is 10.9. The predicted molar refractivity (Wildman–Crippen MR) is 63.2 cm³/mol. The lowest BCUT2D eigenvalue weighted by molar-refractivity contribution is -0.150. The van der Waals surface area contributed by atoms with Gasteiger partial charge in [-0.1, -0.05) is 0 Å². The van der Waals surface area contributed by atoms with Gasteiger partial charge in [-0.05, 0) is 0 Å². The average Bonchev–Trinajstić information content (AvgIpc) is 2.33. The maximum atomic E-state index is 11.0. The molecule has 7 N–H and O–H groups in total. The van der Waals surface area contributed by atoms with Gasteiger partial charge in [0.05, 0.1) is 6.61 Å². The fraction of sp³-hybridized carbons (Fsp3) is 0.700. The van der Waals surface area contributed by atoms with Gasteiger partial charge in [-0.2, -0.15) is 0 Å². The second-order valence-corrected chi connectivity index (χ2v) is 3.74. The third-order valence-electron chi connectivity index (χ3n) is 1.82. The number of carbonyl (C=O) groups excluding carboxylic acids is 2. The molecule has 2 amide bonds. The molecule has 0 rings (SSSR count). The number of aliphatic hydroxyl groups excluding tert-OH is 5. The van der Waals surface area contributed by atoms with E-state index in [2.05, 4.69) is 0 Å². The third kappa shape index (κ3) is 9.35. The Morgan fingerprint density at radius 2 is 1.40 bits per heavy atom. The molecule has 0 saturated heterocycles. The number of amides is 2. The standard InChI is InChI=1S/C8H15NO7.C2H4O2/c1-3(11)9-8(16)7(15)6(14)5(13)4(12)2-10;1-2(3)4/h4-7,10,12-15H,2H2,1H3,(H,9,11,16);1H3,(H,3,4)/t4-,5+,6+,7-;/m1./s1. The molecule has 0 aliphatic rings. The zero-order chi connectivity index (χ0) is 16.5. The van der Waals surface area contributed by atoms with Crippen molar-refractivity contribution >= 4 is 17.8 Å². The summed E-state index contributed by atoms with van der Waals surface area (Å²) in [6.07, 6.45) is -7.70. The summed E-state index contributed by atoms with van der Waals surface area (Å²) in [5, 5.41) is 54.1. The van der Waals surface area contributed by atoms with E-state index in [0.717, 1.165) is 13.8 Å². The van der Waals surface area contributed by atoms with E-state index >= 15 is 0 Å². The molecule has 0 aromatic heterocycles. The minimum atomic E-state index is -2.08. The number of aliphatic carboxylic acids is 1. The Morgan fingerprint density at radius 3 is 1.70 bits per heavy atom. The second-order valence-electron chi connectivity index (χ2n) is 3.74. The second kappa shape index (κ2) is 10.2. The third-order valence-corrected chi connectivity index (χ3v) is 1.82. The van der Waals surface area contributed by atoms with E-state index in [-0.39, 0.29) is 0 Å². The van der Waals surface area contributed by atoms with E-state index in [4.69, 9.17) is 25.2 Å². The molecule has 0 spiro atoms. The van der Waals surface area contributed by atoms with E-state index in [0.29, 0.717) is 0 Å². The smallest absolute Gasteiger partial charge is 0.300 e. The summed E-state index contributed by atoms with van der Waals surface area (Å²) < 4.78 is 0. The van der Waals surface area contributed by atoms with Crippen LogP contribution in [0.1, 0.15) is 13.8 Å². The summed E-state index contributed by atoms with van der Waals surface area (Å²) in [7, 11) is 0. The Kier molecular flexibility index (Phi) is 10.6. The molecule has 10 nitrogen and oxygen atoms in total. The van der Waals surface area contributed by atoms with Gasteiger partial charge in [0.2, 0.25) is 5.91 Å². The van der Waals surface area contributed by atoms with E-state index in [1.54, 1.807) is 5.32 Å². The summed E-state index contributed by atoms with van der Waals surface area (Å²) in [5.41, 5.74) is 0. The van der Waals surface area contributed by atoms with Crippen molar-refractivity contribution in [3.05, 3.63) is 0 Å². The number of carboxylic acids is 1. The molecular formula is C10H19NO9. The molecule has 118 valence electrons. The van der Waals surface area contributed by atoms with Crippen LogP contribution >= 0.6 is 0 Å². The van der Waals surface area contributed by atoms with Crippen LogP contribution in [0, 0.1) is 0 Å². The minimum absolute atomic E-state index is 0.742. The number of nitrogens with one attached hydrogen (secondary N) is 1. The van der Waals surface area contributed by atoms with E-state index in [1.807, 2.05) is 0 Å². The molecule has 4 atom stereocenters. The fourth-order valence-corrected chi connectivity index (χ4v) is 0.925. The molecule has 0 aliphatic carbocycles. The maximum Gasteiger partial charge on any atom is 0.300 e. The molecule has 0 heterocycles. The highest BCUT2D eigenvalue weighted by atomic mass is 16.4. The van der Waals surface area contributed by atoms with Gasteiger partial charge in [0.25, 0.3) is 11.9 Å². The summed E-state index contributed by atoms with van der Waals surface area (Å²) in [6, 6.07) is 0. The van der Waals surface area contributed by atoms with Gasteiger partial charge in [0.1, 0.15) is 18.3 Å². The highest BCUT2D eigenvalue weighted by molar-refractivity contribution is 5.96. The molecule has 0 radical (unpaired) electrons. The molecule has 0 unspecified atom stereocenters. The van der Waals surface area contributed by atoms with Crippen LogP contribution in [-0.4, -0.2) is 79.4 Å². The van der Waals surface area contributed by atoms with Gasteiger partial charge in [0, 0.05) is 13.8 Å². The maximum absolute atomic E-state index is 11.0. The van der Waals surface area contributed by atoms with Crippen LogP contribution in [0.3, 0.4) is 0 Å². The molecule has 0 aromatic carbocycles. The highest BCUT2D eigenvalue weighted by Gasteiger charge is 2.34. The lowest BCUT2D eigenvalue weighted by atomic mass is 10.0. The summed E-state index contributed by atoms with van der Waals surface area (Å²) in [4.78, 5) is 30.5. The van der Waals surface area contributed by atoms with Crippen molar-refractivity contribution in [3.8, 4) is 0 Å². The van der Waals surface area contributed by atoms with Crippen LogP contribution in [0.4, 0.5) is 0 Å². The molecule has 0 fully saturated rings. The van der Waals surface area contributed by atoms with Crippen LogP contribution in [0.2, 0.25) is 0 Å². The number of aliphatic hydroxyl groups is 5. The minimum Gasteiger partial charge on any atom is -0.481 e. The van der Waals surface area contributed by atoms with Gasteiger partial charge >= 0.3 is 0 Å². The van der Waals surface area contributed by atoms with E-state index in [1.165, 1.54) is 0 Å². The quantitative estimate of drug-likeness (QED) is 0.267. The summed E-state index contributed by atoms with van der Waals surface area (Å²) >= 11 is 0. The summed E-state index contributed by atoms with van der Waals surface area (Å²) in [5.74, 6) is -2.78. The van der Waals surface area contributed by atoms with Crippen LogP contribution in [0.15, 0.2) is 0 Å². The Bertz CT molecular complexity index is 329. The number of hydrogen-bond acceptors (Lipinski definition) is 8. The van der Waals surface area contributed by atoms with Crippen molar-refractivity contribution in [3.63, 3.8) is 0 Å². The van der Waals surface area contributed by atoms with Crippen LogP contribution in [0.25, 0.3) is 0 Å². The number of rotatable bonds is 5. The summed E-state index contributed by atoms with van der Waals surface area (Å²) in [6.45, 7) is 1.26. The molecule has 20 heavy (non-hydrogen) atoms. The van der Waals surface area contributed by atoms with Crippen molar-refractivity contribution in [1.82, 2.24) is 5.32 Å². The first kappa shape index (κ1) is 20.7. The molecule has 0 aliphatic heterocycles. The molecule has 0 bridgehead atoms. The Morgan fingerprint density at radius 1 is 1.00 bits per heavy atom. The van der Waals surface area contributed by atoms with Crippen molar-refractivity contribution in [1.29, 1.82) is 0 Å². The molecule has 10 heteroatoms. The first-order valence-corrected chi connectivity index (χ1v) is 5.38. The van der Waals surface area contributed by atoms with Gasteiger partial charge < -0.3 is 30.6 Å². The number of imide groups is 1. The Balaban J connectivity index is 0. The average molecular weight is 297 g/mol. The van der Waals surface area contributed by atoms with Gasteiger partial charge in [-0.25, -0.2) is 0 Å². The van der Waals surface area contributed by atoms with Crippen LogP contribution in [-0.2, 0) is 14.4 Å². The normalized spacial score (nSPS) is 15.9. The van der Waals surface area contributed by atoms with Crippen molar-refractivity contribution in [2.24, 2.45) is 0 Å². The Labute approximate surface area is 114 Å². The fourth-order valence-electron chi connectivity index (χ4n) is 0.925. The number of hydrogen-bond donors (Lipinski definition) is 7. The van der Waals surface area contributed by atoms with E-state index in [9.17, 15) is 19.8 Å². The Hall–Kier alpha value is -1.59. The van der Waals surface area contributed by atoms with Gasteiger partial charge in [-0.15, -0.1) is 0 Å². The highest BCUT2D eigenvalue weighted by Crippen LogP contribution is 2.05. The first-order valence-electron chi connectivity index (χ1n) is 5.38. The number of carboxylic acid groups (broad SMARTS) is 1. The van der Waals surface area contributed by atoms with Gasteiger partial charge in [0.15, 0.2) is 6.10 Å². The molecule has 0 saturated carbocycles. The largest absolute Gasteiger partial charge is 0.481 e. The first-order chi connectivity index (χ1) is 9.04. The van der Waals surface area contributed by atoms with E-state index < -0.39 is 48.8 Å². The van der Waals surface area contributed by atoms with Crippen molar-refractivity contribution in [2.75, 3.05) is 6.61 Å². The van der Waals surface area contributed by atoms with Crippen LogP contribution < -0.4 is 5.32 Å². The molecule has 0 aromatic rings. The lowest BCUT2D eigenvalue weighted by Crippen LogP contribution is -2.52. The lowest BCUT2D eigenvalue weighted by Gasteiger charge is -2.24. The van der Waals surface area contributed by atoms with Crippen molar-refractivity contribution in [2.45, 2.75) is 38.3 Å². The van der Waals surface area contributed by atoms with Crippen LogP contribution in [0.5, 0.6) is 0 Å². The predicted octanol–water partition coefficient (Wildman–Crippen LogP) is -3.82. The van der Waals surface area contributed by atoms with Crippen molar-refractivity contribution < 1.29 is 45.0 Å². The molecular weight excluding hydrogens is 278 g/mol. The zero-order valence-corrected chi connectivity index (χ0v) is 10.9. The van der Waals surface area contributed by atoms with Gasteiger partial charge in [-0.3, -0.25) is 19.7 Å². The monoisotopic (exact) mass is 297 g/mol. The topological polar surface area (TPSA) is 185 Å². The number of carbonyl (C=O) groups is 3.